The highest BCUT2D eigenvalue weighted by atomic mass is 16.5. The van der Waals surface area contributed by atoms with Crippen LogP contribution in [0.2, 0.25) is 0 Å². The van der Waals surface area contributed by atoms with Gasteiger partial charge in [-0.05, 0) is 12.8 Å². The van der Waals surface area contributed by atoms with Crippen LogP contribution in [0, 0.1) is 0 Å². The fourth-order valence-corrected chi connectivity index (χ4v) is 3.59. The largest absolute Gasteiger partial charge is 0.364 e. The second-order valence-electron chi connectivity index (χ2n) is 7.34. The summed E-state index contributed by atoms with van der Waals surface area (Å²) in [5.74, 6) is 0. The molecule has 0 radical (unpaired) electrons. The molecule has 1 aliphatic heterocycles. The van der Waals surface area contributed by atoms with Crippen LogP contribution >= 0.6 is 0 Å². The van der Waals surface area contributed by atoms with Crippen molar-refractivity contribution in [2.75, 3.05) is 13.3 Å². The van der Waals surface area contributed by atoms with Gasteiger partial charge in [0.1, 0.15) is 0 Å². The molecule has 0 aromatic rings. The van der Waals surface area contributed by atoms with Gasteiger partial charge in [0.05, 0.1) is 13.3 Å². The summed E-state index contributed by atoms with van der Waals surface area (Å²) in [7, 11) is 0. The monoisotopic (exact) mass is 311 g/mol. The molecule has 2 nitrogen and oxygen atoms in total. The van der Waals surface area contributed by atoms with Crippen LogP contribution in [0.4, 0.5) is 0 Å². The van der Waals surface area contributed by atoms with Crippen LogP contribution in [0.3, 0.4) is 0 Å². The number of ether oxygens (including phenoxy) is 1. The van der Waals surface area contributed by atoms with E-state index in [0.717, 1.165) is 13.3 Å². The highest BCUT2D eigenvalue weighted by Crippen LogP contribution is 2.26. The summed E-state index contributed by atoms with van der Waals surface area (Å²) in [5.41, 5.74) is 0.315. The standard InChI is InChI=1S/C20H41NO/c1-3-5-7-8-9-10-11-12-13-14-15-17-20(16-6-4-2)18-22-19-21-20/h21H,3-19H2,1-2H3. The van der Waals surface area contributed by atoms with Crippen molar-refractivity contribution in [3.8, 4) is 0 Å². The maximum atomic E-state index is 5.60. The maximum Gasteiger partial charge on any atom is 0.0971 e. The van der Waals surface area contributed by atoms with E-state index in [0.29, 0.717) is 5.54 Å². The minimum atomic E-state index is 0.315. The Labute approximate surface area is 139 Å². The Kier molecular flexibility index (Phi) is 12.1. The van der Waals surface area contributed by atoms with Crippen molar-refractivity contribution in [3.63, 3.8) is 0 Å². The normalized spacial score (nSPS) is 21.5. The number of rotatable bonds is 15. The molecule has 1 N–H and O–H groups in total. The molecule has 0 aliphatic carbocycles. The summed E-state index contributed by atoms with van der Waals surface area (Å²) in [6.07, 6.45) is 20.9. The lowest BCUT2D eigenvalue weighted by molar-refractivity contribution is 0.169. The van der Waals surface area contributed by atoms with Crippen molar-refractivity contribution in [2.45, 2.75) is 116 Å². The van der Waals surface area contributed by atoms with Crippen LogP contribution in [0.25, 0.3) is 0 Å². The van der Waals surface area contributed by atoms with Crippen molar-refractivity contribution >= 4 is 0 Å². The average molecular weight is 312 g/mol. The summed E-state index contributed by atoms with van der Waals surface area (Å²) in [6, 6.07) is 0. The predicted octanol–water partition coefficient (Wildman–Crippen LogP) is 6.19. The number of unbranched alkanes of at least 4 members (excludes halogenated alkanes) is 11. The molecule has 0 aromatic heterocycles. The minimum Gasteiger partial charge on any atom is -0.364 e. The first-order valence-corrected chi connectivity index (χ1v) is 10.2. The first kappa shape index (κ1) is 20.0. The van der Waals surface area contributed by atoms with Crippen molar-refractivity contribution < 1.29 is 4.74 Å². The Bertz CT molecular complexity index is 236. The molecule has 1 unspecified atom stereocenters. The molecule has 1 saturated heterocycles. The van der Waals surface area contributed by atoms with Crippen LogP contribution in [0.15, 0.2) is 0 Å². The molecule has 1 heterocycles. The molecule has 1 atom stereocenters. The van der Waals surface area contributed by atoms with E-state index >= 15 is 0 Å². The van der Waals surface area contributed by atoms with Crippen LogP contribution in [-0.2, 0) is 4.74 Å². The first-order valence-electron chi connectivity index (χ1n) is 10.2. The second kappa shape index (κ2) is 13.4. The van der Waals surface area contributed by atoms with Gasteiger partial charge in [-0.15, -0.1) is 0 Å². The third-order valence-electron chi connectivity index (χ3n) is 5.20. The molecule has 2 heteroatoms. The van der Waals surface area contributed by atoms with Crippen LogP contribution < -0.4 is 5.32 Å². The van der Waals surface area contributed by atoms with Crippen molar-refractivity contribution in [2.24, 2.45) is 0 Å². The van der Waals surface area contributed by atoms with Crippen molar-refractivity contribution in [1.29, 1.82) is 0 Å². The van der Waals surface area contributed by atoms with Gasteiger partial charge in [-0.25, -0.2) is 0 Å². The SMILES string of the molecule is CCCCCCCCCCCCCC1(CCCC)COCN1. The lowest BCUT2D eigenvalue weighted by Crippen LogP contribution is -2.42. The minimum absolute atomic E-state index is 0.315. The van der Waals surface area contributed by atoms with Gasteiger partial charge in [-0.2, -0.15) is 0 Å². The Morgan fingerprint density at radius 1 is 0.682 bits per heavy atom. The van der Waals surface area contributed by atoms with Gasteiger partial charge in [0.2, 0.25) is 0 Å². The van der Waals surface area contributed by atoms with E-state index in [-0.39, 0.29) is 0 Å². The molecule has 0 spiro atoms. The zero-order valence-corrected chi connectivity index (χ0v) is 15.4. The maximum absolute atomic E-state index is 5.60. The summed E-state index contributed by atoms with van der Waals surface area (Å²) in [5, 5.41) is 3.62. The predicted molar refractivity (Wildman–Crippen MR) is 97.3 cm³/mol. The summed E-state index contributed by atoms with van der Waals surface area (Å²) >= 11 is 0. The third-order valence-corrected chi connectivity index (χ3v) is 5.20. The highest BCUT2D eigenvalue weighted by Gasteiger charge is 2.32. The topological polar surface area (TPSA) is 21.3 Å². The molecule has 1 aliphatic rings. The Morgan fingerprint density at radius 3 is 1.68 bits per heavy atom. The third kappa shape index (κ3) is 9.15. The van der Waals surface area contributed by atoms with Crippen molar-refractivity contribution in [1.82, 2.24) is 5.32 Å². The fourth-order valence-electron chi connectivity index (χ4n) is 3.59. The molecule has 0 aromatic carbocycles. The molecule has 0 saturated carbocycles. The number of nitrogens with one attached hydrogen (secondary N) is 1. The zero-order chi connectivity index (χ0) is 15.9. The number of hydrogen-bond donors (Lipinski definition) is 1. The quantitative estimate of drug-likeness (QED) is 0.364. The van der Waals surface area contributed by atoms with Gasteiger partial charge in [-0.1, -0.05) is 97.3 Å². The van der Waals surface area contributed by atoms with E-state index in [1.54, 1.807) is 0 Å². The first-order chi connectivity index (χ1) is 10.8. The van der Waals surface area contributed by atoms with Gasteiger partial charge < -0.3 is 4.74 Å². The van der Waals surface area contributed by atoms with Gasteiger partial charge in [-0.3, -0.25) is 5.32 Å². The van der Waals surface area contributed by atoms with Crippen molar-refractivity contribution in [3.05, 3.63) is 0 Å². The lowest BCUT2D eigenvalue weighted by atomic mass is 9.88. The highest BCUT2D eigenvalue weighted by molar-refractivity contribution is 4.90. The fraction of sp³-hybridized carbons (Fsp3) is 1.00. The Hall–Kier alpha value is -0.0800. The van der Waals surface area contributed by atoms with E-state index in [4.69, 9.17) is 4.74 Å². The van der Waals surface area contributed by atoms with Gasteiger partial charge in [0.25, 0.3) is 0 Å². The molecule has 1 rings (SSSR count). The molecular weight excluding hydrogens is 270 g/mol. The Morgan fingerprint density at radius 2 is 1.18 bits per heavy atom. The van der Waals surface area contributed by atoms with E-state index in [2.05, 4.69) is 19.2 Å². The van der Waals surface area contributed by atoms with Gasteiger partial charge >= 0.3 is 0 Å². The van der Waals surface area contributed by atoms with Gasteiger partial charge in [0.15, 0.2) is 0 Å². The summed E-state index contributed by atoms with van der Waals surface area (Å²) in [6.45, 7) is 6.28. The molecule has 1 fully saturated rings. The van der Waals surface area contributed by atoms with E-state index in [1.165, 1.54) is 96.3 Å². The van der Waals surface area contributed by atoms with E-state index in [1.807, 2.05) is 0 Å². The summed E-state index contributed by atoms with van der Waals surface area (Å²) in [4.78, 5) is 0. The van der Waals surface area contributed by atoms with E-state index in [9.17, 15) is 0 Å². The summed E-state index contributed by atoms with van der Waals surface area (Å²) < 4.78 is 5.60. The molecule has 0 bridgehead atoms. The van der Waals surface area contributed by atoms with Crippen LogP contribution in [0.5, 0.6) is 0 Å². The van der Waals surface area contributed by atoms with Crippen LogP contribution in [-0.4, -0.2) is 18.9 Å². The van der Waals surface area contributed by atoms with Crippen LogP contribution in [0.1, 0.15) is 110 Å². The second-order valence-corrected chi connectivity index (χ2v) is 7.34. The number of hydrogen-bond acceptors (Lipinski definition) is 2. The molecule has 132 valence electrons. The molecule has 22 heavy (non-hydrogen) atoms. The Balaban J connectivity index is 1.91. The smallest absolute Gasteiger partial charge is 0.0971 e. The van der Waals surface area contributed by atoms with E-state index < -0.39 is 0 Å². The lowest BCUT2D eigenvalue weighted by Gasteiger charge is -2.27. The average Bonchev–Trinajstić information content (AvgIpc) is 3.00. The molecule has 0 amide bonds. The van der Waals surface area contributed by atoms with Gasteiger partial charge in [0, 0.05) is 5.54 Å². The zero-order valence-electron chi connectivity index (χ0n) is 15.4. The molecular formula is C20H41NO.